The standard InChI is InChI=1S/C15H20N2O4/c1-20-7-8-21-6-2-5-16-15(19)12-4-3-11-10-14(18)17-13(11)9-12/h3-4,9H,2,5-8,10H2,1H3,(H,16,19)(H,17,18). The van der Waals surface area contributed by atoms with Crippen molar-refractivity contribution in [2.24, 2.45) is 0 Å². The van der Waals surface area contributed by atoms with E-state index in [1.54, 1.807) is 19.2 Å². The van der Waals surface area contributed by atoms with E-state index in [9.17, 15) is 9.59 Å². The molecule has 1 aromatic carbocycles. The first-order chi connectivity index (χ1) is 10.2. The topological polar surface area (TPSA) is 76.7 Å². The van der Waals surface area contributed by atoms with E-state index in [2.05, 4.69) is 10.6 Å². The number of benzene rings is 1. The molecule has 0 bridgehead atoms. The summed E-state index contributed by atoms with van der Waals surface area (Å²) in [5.41, 5.74) is 2.22. The predicted octanol–water partition coefficient (Wildman–Crippen LogP) is 0.964. The zero-order chi connectivity index (χ0) is 15.1. The number of methoxy groups -OCH3 is 1. The SMILES string of the molecule is COCCOCCCNC(=O)c1ccc2c(c1)NC(=O)C2. The Morgan fingerprint density at radius 3 is 3.00 bits per heavy atom. The zero-order valence-corrected chi connectivity index (χ0v) is 12.1. The van der Waals surface area contributed by atoms with Crippen LogP contribution in [-0.2, 0) is 20.7 Å². The third-order valence-corrected chi connectivity index (χ3v) is 3.18. The van der Waals surface area contributed by atoms with Gasteiger partial charge in [-0.25, -0.2) is 0 Å². The minimum atomic E-state index is -0.143. The lowest BCUT2D eigenvalue weighted by Gasteiger charge is -2.07. The molecule has 0 spiro atoms. The Labute approximate surface area is 123 Å². The van der Waals surface area contributed by atoms with Crippen molar-refractivity contribution in [3.8, 4) is 0 Å². The van der Waals surface area contributed by atoms with Crippen molar-refractivity contribution in [2.75, 3.05) is 38.8 Å². The molecule has 0 unspecified atom stereocenters. The fourth-order valence-corrected chi connectivity index (χ4v) is 2.08. The summed E-state index contributed by atoms with van der Waals surface area (Å²) in [6.07, 6.45) is 1.13. The van der Waals surface area contributed by atoms with Gasteiger partial charge in [0, 0.05) is 31.5 Å². The van der Waals surface area contributed by atoms with Gasteiger partial charge < -0.3 is 20.1 Å². The lowest BCUT2D eigenvalue weighted by atomic mass is 10.1. The molecule has 0 atom stereocenters. The summed E-state index contributed by atoms with van der Waals surface area (Å²) in [6, 6.07) is 5.27. The fraction of sp³-hybridized carbons (Fsp3) is 0.467. The monoisotopic (exact) mass is 292 g/mol. The first kappa shape index (κ1) is 15.5. The number of rotatable bonds is 8. The molecule has 1 heterocycles. The summed E-state index contributed by atoms with van der Waals surface area (Å²) in [4.78, 5) is 23.2. The van der Waals surface area contributed by atoms with Gasteiger partial charge in [-0.15, -0.1) is 0 Å². The van der Waals surface area contributed by atoms with Crippen molar-refractivity contribution in [1.29, 1.82) is 0 Å². The van der Waals surface area contributed by atoms with E-state index in [0.29, 0.717) is 38.3 Å². The normalized spacial score (nSPS) is 12.9. The Hall–Kier alpha value is -1.92. The van der Waals surface area contributed by atoms with Crippen LogP contribution in [0.4, 0.5) is 5.69 Å². The average Bonchev–Trinajstić information content (AvgIpc) is 2.85. The van der Waals surface area contributed by atoms with E-state index in [0.717, 1.165) is 17.7 Å². The largest absolute Gasteiger partial charge is 0.382 e. The van der Waals surface area contributed by atoms with Crippen LogP contribution in [0.15, 0.2) is 18.2 Å². The third kappa shape index (κ3) is 4.54. The highest BCUT2D eigenvalue weighted by atomic mass is 16.5. The van der Waals surface area contributed by atoms with E-state index >= 15 is 0 Å². The summed E-state index contributed by atoms with van der Waals surface area (Å²) in [7, 11) is 1.63. The second kappa shape index (κ2) is 7.75. The van der Waals surface area contributed by atoms with Gasteiger partial charge >= 0.3 is 0 Å². The zero-order valence-electron chi connectivity index (χ0n) is 12.1. The van der Waals surface area contributed by atoms with Gasteiger partial charge in [-0.1, -0.05) is 6.07 Å². The van der Waals surface area contributed by atoms with Gasteiger partial charge in [0.1, 0.15) is 0 Å². The fourth-order valence-electron chi connectivity index (χ4n) is 2.08. The summed E-state index contributed by atoms with van der Waals surface area (Å²) < 4.78 is 10.2. The molecular formula is C15H20N2O4. The van der Waals surface area contributed by atoms with E-state index in [4.69, 9.17) is 9.47 Å². The minimum Gasteiger partial charge on any atom is -0.382 e. The molecule has 6 nitrogen and oxygen atoms in total. The summed E-state index contributed by atoms with van der Waals surface area (Å²) in [5.74, 6) is -0.174. The summed E-state index contributed by atoms with van der Waals surface area (Å²) in [5, 5.41) is 5.57. The first-order valence-electron chi connectivity index (χ1n) is 6.98. The van der Waals surface area contributed by atoms with E-state index in [1.807, 2.05) is 6.07 Å². The molecule has 0 saturated heterocycles. The van der Waals surface area contributed by atoms with E-state index in [1.165, 1.54) is 0 Å². The Morgan fingerprint density at radius 1 is 1.33 bits per heavy atom. The third-order valence-electron chi connectivity index (χ3n) is 3.18. The lowest BCUT2D eigenvalue weighted by Crippen LogP contribution is -2.25. The van der Waals surface area contributed by atoms with Crippen molar-refractivity contribution < 1.29 is 19.1 Å². The van der Waals surface area contributed by atoms with Gasteiger partial charge in [-0.2, -0.15) is 0 Å². The maximum Gasteiger partial charge on any atom is 0.251 e. The second-order valence-electron chi connectivity index (χ2n) is 4.81. The smallest absolute Gasteiger partial charge is 0.251 e. The van der Waals surface area contributed by atoms with Gasteiger partial charge in [0.05, 0.1) is 19.6 Å². The number of anilines is 1. The number of carbonyl (C=O) groups is 2. The Balaban J connectivity index is 1.72. The number of hydrogen-bond donors (Lipinski definition) is 2. The maximum absolute atomic E-state index is 12.0. The number of carbonyl (C=O) groups excluding carboxylic acids is 2. The molecule has 1 aliphatic rings. The van der Waals surface area contributed by atoms with E-state index < -0.39 is 0 Å². The summed E-state index contributed by atoms with van der Waals surface area (Å²) in [6.45, 7) is 2.28. The summed E-state index contributed by atoms with van der Waals surface area (Å²) >= 11 is 0. The molecule has 114 valence electrons. The van der Waals surface area contributed by atoms with Crippen molar-refractivity contribution in [1.82, 2.24) is 5.32 Å². The molecular weight excluding hydrogens is 272 g/mol. The number of amides is 2. The Morgan fingerprint density at radius 2 is 2.19 bits per heavy atom. The highest BCUT2D eigenvalue weighted by Gasteiger charge is 2.18. The van der Waals surface area contributed by atoms with Gasteiger partial charge in [-0.05, 0) is 24.1 Å². The van der Waals surface area contributed by atoms with Crippen LogP contribution in [0, 0.1) is 0 Å². The van der Waals surface area contributed by atoms with Crippen LogP contribution < -0.4 is 10.6 Å². The van der Waals surface area contributed by atoms with Crippen LogP contribution in [0.5, 0.6) is 0 Å². The molecule has 6 heteroatoms. The lowest BCUT2D eigenvalue weighted by molar-refractivity contribution is -0.115. The van der Waals surface area contributed by atoms with Gasteiger partial charge in [0.2, 0.25) is 5.91 Å². The molecule has 0 aliphatic carbocycles. The molecule has 0 fully saturated rings. The number of ether oxygens (including phenoxy) is 2. The Bertz CT molecular complexity index is 516. The van der Waals surface area contributed by atoms with Crippen LogP contribution in [0.3, 0.4) is 0 Å². The molecule has 0 saturated carbocycles. The van der Waals surface area contributed by atoms with Crippen molar-refractivity contribution in [3.63, 3.8) is 0 Å². The van der Waals surface area contributed by atoms with Crippen molar-refractivity contribution in [3.05, 3.63) is 29.3 Å². The molecule has 2 amide bonds. The highest BCUT2D eigenvalue weighted by Crippen LogP contribution is 2.23. The van der Waals surface area contributed by atoms with Crippen LogP contribution in [0.25, 0.3) is 0 Å². The molecule has 2 N–H and O–H groups in total. The second-order valence-corrected chi connectivity index (χ2v) is 4.81. The first-order valence-corrected chi connectivity index (χ1v) is 6.98. The minimum absolute atomic E-state index is 0.0317. The van der Waals surface area contributed by atoms with Gasteiger partial charge in [-0.3, -0.25) is 9.59 Å². The van der Waals surface area contributed by atoms with Crippen LogP contribution in [0.1, 0.15) is 22.3 Å². The molecule has 0 aromatic heterocycles. The van der Waals surface area contributed by atoms with Crippen LogP contribution in [-0.4, -0.2) is 45.3 Å². The predicted molar refractivity (Wildman–Crippen MR) is 78.4 cm³/mol. The van der Waals surface area contributed by atoms with Gasteiger partial charge in [0.15, 0.2) is 0 Å². The maximum atomic E-state index is 12.0. The number of fused-ring (bicyclic) bond motifs is 1. The quantitative estimate of drug-likeness (QED) is 0.700. The molecule has 1 aliphatic heterocycles. The van der Waals surface area contributed by atoms with Crippen molar-refractivity contribution >= 4 is 17.5 Å². The molecule has 21 heavy (non-hydrogen) atoms. The average molecular weight is 292 g/mol. The number of nitrogens with one attached hydrogen (secondary N) is 2. The highest BCUT2D eigenvalue weighted by molar-refractivity contribution is 6.02. The number of hydrogen-bond acceptors (Lipinski definition) is 4. The van der Waals surface area contributed by atoms with Crippen molar-refractivity contribution in [2.45, 2.75) is 12.8 Å². The molecule has 0 radical (unpaired) electrons. The molecule has 1 aromatic rings. The van der Waals surface area contributed by atoms with Gasteiger partial charge in [0.25, 0.3) is 5.91 Å². The van der Waals surface area contributed by atoms with E-state index in [-0.39, 0.29) is 11.8 Å². The Kier molecular flexibility index (Phi) is 5.71. The van der Waals surface area contributed by atoms with Crippen LogP contribution >= 0.6 is 0 Å². The molecule has 2 rings (SSSR count). The van der Waals surface area contributed by atoms with Crippen LogP contribution in [0.2, 0.25) is 0 Å².